The van der Waals surface area contributed by atoms with Crippen LogP contribution in [0.5, 0.6) is 0 Å². The molecule has 1 aromatic heterocycles. The van der Waals surface area contributed by atoms with Crippen molar-refractivity contribution < 1.29 is 4.79 Å². The number of para-hydroxylation sites is 1. The molecule has 1 N–H and O–H groups in total. The van der Waals surface area contributed by atoms with Gasteiger partial charge in [-0.1, -0.05) is 72.3 Å². The summed E-state index contributed by atoms with van der Waals surface area (Å²) in [4.78, 5) is 13.1. The number of rotatable bonds is 8. The minimum atomic E-state index is -0.0420. The molecule has 0 aliphatic rings. The zero-order valence-electron chi connectivity index (χ0n) is 18.6. The van der Waals surface area contributed by atoms with Gasteiger partial charge in [-0.05, 0) is 54.7 Å². The van der Waals surface area contributed by atoms with Gasteiger partial charge in [-0.2, -0.15) is 0 Å². The van der Waals surface area contributed by atoms with Crippen LogP contribution in [0.3, 0.4) is 0 Å². The van der Waals surface area contributed by atoms with Crippen LogP contribution >= 0.6 is 11.6 Å². The van der Waals surface area contributed by atoms with Crippen LogP contribution in [0.25, 0.3) is 10.9 Å². The van der Waals surface area contributed by atoms with Crippen LogP contribution in [0.2, 0.25) is 5.02 Å². The summed E-state index contributed by atoms with van der Waals surface area (Å²) < 4.78 is 2.13. The second kappa shape index (κ2) is 10.1. The Morgan fingerprint density at radius 1 is 0.969 bits per heavy atom. The molecule has 0 radical (unpaired) electrons. The maximum Gasteiger partial charge on any atom is 0.221 e. The van der Waals surface area contributed by atoms with Crippen molar-refractivity contribution in [3.63, 3.8) is 0 Å². The zero-order chi connectivity index (χ0) is 22.5. The average molecular weight is 445 g/mol. The molecule has 1 heterocycles. The molecular weight excluding hydrogens is 416 g/mol. The van der Waals surface area contributed by atoms with Crippen molar-refractivity contribution in [1.29, 1.82) is 0 Å². The quantitative estimate of drug-likeness (QED) is 0.331. The Bertz CT molecular complexity index is 1180. The van der Waals surface area contributed by atoms with Gasteiger partial charge >= 0.3 is 0 Å². The SMILES string of the molecule is CC(CCc1ccccc1)NC(=O)CC(c1ccc(Cl)cc1)c1cn(C)c2ccccc12. The third-order valence-electron chi connectivity index (χ3n) is 6.08. The molecule has 0 spiro atoms. The highest BCUT2D eigenvalue weighted by Gasteiger charge is 2.23. The van der Waals surface area contributed by atoms with Gasteiger partial charge in [0.05, 0.1) is 0 Å². The first-order valence-corrected chi connectivity index (χ1v) is 11.5. The first kappa shape index (κ1) is 22.2. The lowest BCUT2D eigenvalue weighted by Gasteiger charge is -2.20. The van der Waals surface area contributed by atoms with Crippen LogP contribution in [0.4, 0.5) is 0 Å². The maximum atomic E-state index is 13.1. The minimum absolute atomic E-state index is 0.0420. The Kier molecular flexibility index (Phi) is 6.96. The molecule has 2 atom stereocenters. The second-order valence-electron chi connectivity index (χ2n) is 8.51. The molecular formula is C28H29ClN2O. The number of aryl methyl sites for hydroxylation is 2. The van der Waals surface area contributed by atoms with Crippen LogP contribution < -0.4 is 5.32 Å². The first-order chi connectivity index (χ1) is 15.5. The molecule has 4 aromatic rings. The van der Waals surface area contributed by atoms with Gasteiger partial charge < -0.3 is 9.88 Å². The Balaban J connectivity index is 1.53. The number of aromatic nitrogens is 1. The summed E-state index contributed by atoms with van der Waals surface area (Å²) in [7, 11) is 2.05. The monoisotopic (exact) mass is 444 g/mol. The van der Waals surface area contributed by atoms with Crippen molar-refractivity contribution in [3.8, 4) is 0 Å². The van der Waals surface area contributed by atoms with Crippen molar-refractivity contribution in [2.45, 2.75) is 38.1 Å². The zero-order valence-corrected chi connectivity index (χ0v) is 19.3. The maximum absolute atomic E-state index is 13.1. The average Bonchev–Trinajstić information content (AvgIpc) is 3.14. The predicted octanol–water partition coefficient (Wildman–Crippen LogP) is 6.49. The molecule has 0 aliphatic heterocycles. The summed E-state index contributed by atoms with van der Waals surface area (Å²) in [5.41, 5.74) is 4.72. The van der Waals surface area contributed by atoms with Gasteiger partial charge in [-0.25, -0.2) is 0 Å². The molecule has 2 unspecified atom stereocenters. The third-order valence-corrected chi connectivity index (χ3v) is 6.33. The van der Waals surface area contributed by atoms with Crippen LogP contribution in [0.15, 0.2) is 85.1 Å². The van der Waals surface area contributed by atoms with E-state index in [1.54, 1.807) is 0 Å². The normalized spacial score (nSPS) is 13.1. The highest BCUT2D eigenvalue weighted by Crippen LogP contribution is 2.35. The van der Waals surface area contributed by atoms with E-state index in [1.807, 2.05) is 36.4 Å². The third kappa shape index (κ3) is 5.23. The van der Waals surface area contributed by atoms with E-state index in [0.29, 0.717) is 11.4 Å². The molecule has 4 rings (SSSR count). The molecule has 0 saturated carbocycles. The number of carbonyl (C=O) groups excluding carboxylic acids is 1. The van der Waals surface area contributed by atoms with E-state index >= 15 is 0 Å². The number of nitrogens with zero attached hydrogens (tertiary/aromatic N) is 1. The fourth-order valence-electron chi connectivity index (χ4n) is 4.37. The first-order valence-electron chi connectivity index (χ1n) is 11.1. The van der Waals surface area contributed by atoms with Crippen LogP contribution in [-0.2, 0) is 18.3 Å². The van der Waals surface area contributed by atoms with E-state index < -0.39 is 0 Å². The summed E-state index contributed by atoms with van der Waals surface area (Å²) in [6, 6.07) is 26.7. The highest BCUT2D eigenvalue weighted by molar-refractivity contribution is 6.30. The second-order valence-corrected chi connectivity index (χ2v) is 8.95. The molecule has 0 bridgehead atoms. The van der Waals surface area contributed by atoms with Gasteiger partial charge in [0.25, 0.3) is 0 Å². The van der Waals surface area contributed by atoms with Crippen molar-refractivity contribution >= 4 is 28.4 Å². The van der Waals surface area contributed by atoms with Gasteiger partial charge in [0, 0.05) is 47.6 Å². The topological polar surface area (TPSA) is 34.0 Å². The molecule has 4 heteroatoms. The number of halogens is 1. The number of hydrogen-bond donors (Lipinski definition) is 1. The lowest BCUT2D eigenvalue weighted by atomic mass is 9.88. The standard InChI is InChI=1S/C28H29ClN2O/c1-20(12-13-21-8-4-3-5-9-21)30-28(32)18-25(22-14-16-23(29)17-15-22)26-19-31(2)27-11-7-6-10-24(26)27/h3-11,14-17,19-20,25H,12-13,18H2,1-2H3,(H,30,32). The van der Waals surface area contributed by atoms with Crippen LogP contribution in [0, 0.1) is 0 Å². The number of carbonyl (C=O) groups is 1. The van der Waals surface area contributed by atoms with Crippen molar-refractivity contribution in [1.82, 2.24) is 9.88 Å². The number of benzene rings is 3. The smallest absolute Gasteiger partial charge is 0.221 e. The van der Waals surface area contributed by atoms with Crippen LogP contribution in [-0.4, -0.2) is 16.5 Å². The molecule has 0 aliphatic carbocycles. The molecule has 3 nitrogen and oxygen atoms in total. The largest absolute Gasteiger partial charge is 0.354 e. The van der Waals surface area contributed by atoms with E-state index in [0.717, 1.165) is 29.5 Å². The van der Waals surface area contributed by atoms with Gasteiger partial charge in [0.2, 0.25) is 5.91 Å². The summed E-state index contributed by atoms with van der Waals surface area (Å²) in [5.74, 6) is 0.0261. The number of amides is 1. The number of fused-ring (bicyclic) bond motifs is 1. The van der Waals surface area contributed by atoms with Crippen LogP contribution in [0.1, 0.15) is 42.4 Å². The number of hydrogen-bond acceptors (Lipinski definition) is 1. The summed E-state index contributed by atoms with van der Waals surface area (Å²) in [6.07, 6.45) is 4.41. The van der Waals surface area contributed by atoms with E-state index in [-0.39, 0.29) is 17.9 Å². The van der Waals surface area contributed by atoms with Crippen molar-refractivity contribution in [2.24, 2.45) is 7.05 Å². The van der Waals surface area contributed by atoms with E-state index in [9.17, 15) is 4.79 Å². The molecule has 3 aromatic carbocycles. The molecule has 32 heavy (non-hydrogen) atoms. The van der Waals surface area contributed by atoms with Gasteiger partial charge in [0.15, 0.2) is 0 Å². The predicted molar refractivity (Wildman–Crippen MR) is 133 cm³/mol. The van der Waals surface area contributed by atoms with E-state index in [4.69, 9.17) is 11.6 Å². The fourth-order valence-corrected chi connectivity index (χ4v) is 4.50. The van der Waals surface area contributed by atoms with Gasteiger partial charge in [-0.15, -0.1) is 0 Å². The number of nitrogens with one attached hydrogen (secondary N) is 1. The molecule has 164 valence electrons. The van der Waals surface area contributed by atoms with Crippen molar-refractivity contribution in [2.75, 3.05) is 0 Å². The fraction of sp³-hybridized carbons (Fsp3) is 0.250. The van der Waals surface area contributed by atoms with E-state index in [1.165, 1.54) is 10.9 Å². The lowest BCUT2D eigenvalue weighted by molar-refractivity contribution is -0.121. The summed E-state index contributed by atoms with van der Waals surface area (Å²) >= 11 is 6.14. The van der Waals surface area contributed by atoms with E-state index in [2.05, 4.69) is 72.5 Å². The van der Waals surface area contributed by atoms with Gasteiger partial charge in [-0.3, -0.25) is 4.79 Å². The lowest BCUT2D eigenvalue weighted by Crippen LogP contribution is -2.33. The summed E-state index contributed by atoms with van der Waals surface area (Å²) in [6.45, 7) is 2.08. The van der Waals surface area contributed by atoms with Crippen molar-refractivity contribution in [3.05, 3.63) is 107 Å². The Hall–Kier alpha value is -3.04. The summed E-state index contributed by atoms with van der Waals surface area (Å²) in [5, 5.41) is 5.09. The molecule has 0 fully saturated rings. The highest BCUT2D eigenvalue weighted by atomic mass is 35.5. The Morgan fingerprint density at radius 3 is 2.41 bits per heavy atom. The molecule has 0 saturated heterocycles. The Morgan fingerprint density at radius 2 is 1.66 bits per heavy atom. The molecule has 1 amide bonds. The van der Waals surface area contributed by atoms with Gasteiger partial charge in [0.1, 0.15) is 0 Å². The Labute approximate surface area is 195 Å². The minimum Gasteiger partial charge on any atom is -0.354 e.